The minimum absolute atomic E-state index is 0.200. The molecule has 1 unspecified atom stereocenters. The largest absolute Gasteiger partial charge is 0.378 e. The first-order valence-electron chi connectivity index (χ1n) is 9.88. The fourth-order valence-corrected chi connectivity index (χ4v) is 4.35. The van der Waals surface area contributed by atoms with Crippen LogP contribution in [-0.4, -0.2) is 66.8 Å². The van der Waals surface area contributed by atoms with Crippen LogP contribution in [0.4, 0.5) is 5.95 Å². The van der Waals surface area contributed by atoms with Gasteiger partial charge >= 0.3 is 0 Å². The van der Waals surface area contributed by atoms with E-state index >= 15 is 0 Å². The van der Waals surface area contributed by atoms with E-state index in [2.05, 4.69) is 4.90 Å². The number of carbonyl (C=O) groups excluding carboxylic acids is 1. The Labute approximate surface area is 161 Å². The summed E-state index contributed by atoms with van der Waals surface area (Å²) >= 11 is 0. The summed E-state index contributed by atoms with van der Waals surface area (Å²) in [5.74, 6) is 0.988. The van der Waals surface area contributed by atoms with E-state index in [9.17, 15) is 4.79 Å². The van der Waals surface area contributed by atoms with Crippen molar-refractivity contribution < 1.29 is 14.3 Å². The second-order valence-corrected chi connectivity index (χ2v) is 9.04. The van der Waals surface area contributed by atoms with Crippen molar-refractivity contribution in [3.63, 3.8) is 0 Å². The summed E-state index contributed by atoms with van der Waals surface area (Å²) < 4.78 is 11.4. The van der Waals surface area contributed by atoms with Gasteiger partial charge in [-0.1, -0.05) is 20.8 Å². The van der Waals surface area contributed by atoms with Crippen molar-refractivity contribution in [2.75, 3.05) is 50.9 Å². The summed E-state index contributed by atoms with van der Waals surface area (Å²) in [5.41, 5.74) is 2.59. The number of likely N-dealkylation sites (tertiary alicyclic amines) is 1. The highest BCUT2D eigenvalue weighted by Crippen LogP contribution is 2.41. The van der Waals surface area contributed by atoms with Crippen LogP contribution in [0.15, 0.2) is 0 Å². The van der Waals surface area contributed by atoms with Gasteiger partial charge in [-0.3, -0.25) is 4.79 Å². The second-order valence-electron chi connectivity index (χ2n) is 9.04. The number of morpholine rings is 1. The summed E-state index contributed by atoms with van der Waals surface area (Å²) in [7, 11) is 0. The molecule has 7 nitrogen and oxygen atoms in total. The van der Waals surface area contributed by atoms with Gasteiger partial charge in [0.1, 0.15) is 0 Å². The summed E-state index contributed by atoms with van der Waals surface area (Å²) in [6.07, 6.45) is 0.890. The Morgan fingerprint density at radius 2 is 1.85 bits per heavy atom. The van der Waals surface area contributed by atoms with Gasteiger partial charge in [0.2, 0.25) is 11.9 Å². The van der Waals surface area contributed by atoms with E-state index in [4.69, 9.17) is 19.4 Å². The van der Waals surface area contributed by atoms with Crippen molar-refractivity contribution in [3.8, 4) is 0 Å². The molecule has 3 aliphatic heterocycles. The molecular formula is C20H30N4O3. The lowest BCUT2D eigenvalue weighted by molar-refractivity contribution is -0.138. The Balaban J connectivity index is 1.68. The van der Waals surface area contributed by atoms with Crippen LogP contribution in [0.3, 0.4) is 0 Å². The molecule has 7 heteroatoms. The predicted octanol–water partition coefficient (Wildman–Crippen LogP) is 1.67. The van der Waals surface area contributed by atoms with Gasteiger partial charge in [-0.2, -0.15) is 0 Å². The molecular weight excluding hydrogens is 344 g/mol. The van der Waals surface area contributed by atoms with E-state index in [1.807, 2.05) is 32.6 Å². The van der Waals surface area contributed by atoms with E-state index < -0.39 is 0 Å². The Kier molecular flexibility index (Phi) is 4.63. The Bertz CT molecular complexity index is 739. The first-order valence-corrected chi connectivity index (χ1v) is 9.88. The van der Waals surface area contributed by atoms with Crippen LogP contribution >= 0.6 is 0 Å². The van der Waals surface area contributed by atoms with E-state index in [0.717, 1.165) is 49.0 Å². The summed E-state index contributed by atoms with van der Waals surface area (Å²) in [4.78, 5) is 26.8. The van der Waals surface area contributed by atoms with E-state index in [1.54, 1.807) is 0 Å². The molecule has 27 heavy (non-hydrogen) atoms. The highest BCUT2D eigenvalue weighted by molar-refractivity contribution is 5.82. The van der Waals surface area contributed by atoms with Gasteiger partial charge in [0.15, 0.2) is 0 Å². The van der Waals surface area contributed by atoms with Crippen molar-refractivity contribution in [2.45, 2.75) is 46.1 Å². The topological polar surface area (TPSA) is 67.8 Å². The summed E-state index contributed by atoms with van der Waals surface area (Å²) in [5, 5.41) is 0. The van der Waals surface area contributed by atoms with Crippen molar-refractivity contribution >= 4 is 11.9 Å². The molecule has 0 aliphatic carbocycles. The maximum absolute atomic E-state index is 12.8. The fraction of sp³-hybridized carbons (Fsp3) is 0.750. The molecule has 148 valence electrons. The smallest absolute Gasteiger partial charge is 0.227 e. The summed E-state index contributed by atoms with van der Waals surface area (Å²) in [6.45, 7) is 13.6. The third-order valence-corrected chi connectivity index (χ3v) is 5.91. The molecule has 3 aliphatic rings. The molecule has 0 saturated carbocycles. The standard InChI is InChI=1S/C20H30N4O3/c1-14-15-11-27-13-20(5-6-24(12-20)17(25)19(2,3)4)16(15)22-18(21-14)23-7-9-26-10-8-23/h5-13H2,1-4H3. The first-order chi connectivity index (χ1) is 12.8. The minimum atomic E-state index is -0.371. The molecule has 1 aromatic rings. The zero-order valence-corrected chi connectivity index (χ0v) is 16.9. The van der Waals surface area contributed by atoms with Crippen LogP contribution in [0.1, 0.15) is 44.1 Å². The van der Waals surface area contributed by atoms with Crippen LogP contribution in [0, 0.1) is 12.3 Å². The number of carbonyl (C=O) groups is 1. The van der Waals surface area contributed by atoms with Gasteiger partial charge < -0.3 is 19.3 Å². The molecule has 0 bridgehead atoms. The highest BCUT2D eigenvalue weighted by Gasteiger charge is 2.48. The number of hydrogen-bond donors (Lipinski definition) is 0. The number of ether oxygens (including phenoxy) is 2. The van der Waals surface area contributed by atoms with Gasteiger partial charge in [-0.15, -0.1) is 0 Å². The third-order valence-electron chi connectivity index (χ3n) is 5.91. The van der Waals surface area contributed by atoms with E-state index in [-0.39, 0.29) is 16.7 Å². The average Bonchev–Trinajstić information content (AvgIpc) is 3.06. The van der Waals surface area contributed by atoms with Gasteiger partial charge in [-0.05, 0) is 13.3 Å². The van der Waals surface area contributed by atoms with Crippen molar-refractivity contribution in [3.05, 3.63) is 17.0 Å². The zero-order chi connectivity index (χ0) is 19.2. The lowest BCUT2D eigenvalue weighted by Gasteiger charge is -2.37. The van der Waals surface area contributed by atoms with Crippen molar-refractivity contribution in [1.82, 2.24) is 14.9 Å². The van der Waals surface area contributed by atoms with Crippen molar-refractivity contribution in [1.29, 1.82) is 0 Å². The number of amides is 1. The van der Waals surface area contributed by atoms with Gasteiger partial charge in [-0.25, -0.2) is 9.97 Å². The van der Waals surface area contributed by atoms with Crippen LogP contribution in [-0.2, 0) is 26.3 Å². The molecule has 2 saturated heterocycles. The number of nitrogens with zero attached hydrogens (tertiary/aromatic N) is 4. The normalized spacial score (nSPS) is 25.8. The zero-order valence-electron chi connectivity index (χ0n) is 16.9. The number of hydrogen-bond acceptors (Lipinski definition) is 6. The monoisotopic (exact) mass is 374 g/mol. The van der Waals surface area contributed by atoms with Crippen LogP contribution in [0.25, 0.3) is 0 Å². The molecule has 1 amide bonds. The quantitative estimate of drug-likeness (QED) is 0.745. The molecule has 1 atom stereocenters. The molecule has 0 aromatic carbocycles. The first kappa shape index (κ1) is 18.6. The van der Waals surface area contributed by atoms with Crippen LogP contribution in [0.2, 0.25) is 0 Å². The van der Waals surface area contributed by atoms with E-state index in [1.165, 1.54) is 0 Å². The molecule has 4 rings (SSSR count). The molecule has 1 aromatic heterocycles. The van der Waals surface area contributed by atoms with Crippen LogP contribution in [0.5, 0.6) is 0 Å². The average molecular weight is 374 g/mol. The second kappa shape index (κ2) is 6.71. The highest BCUT2D eigenvalue weighted by atomic mass is 16.5. The van der Waals surface area contributed by atoms with Gasteiger partial charge in [0.05, 0.1) is 37.5 Å². The van der Waals surface area contributed by atoms with Gasteiger partial charge in [0.25, 0.3) is 0 Å². The molecule has 0 N–H and O–H groups in total. The lowest BCUT2D eigenvalue weighted by Crippen LogP contribution is -2.45. The SMILES string of the molecule is Cc1nc(N2CCOCC2)nc2c1COCC21CCN(C(=O)C(C)(C)C)C1. The number of fused-ring (bicyclic) bond motifs is 2. The minimum Gasteiger partial charge on any atom is -0.378 e. The third kappa shape index (κ3) is 3.31. The molecule has 2 fully saturated rings. The predicted molar refractivity (Wildman–Crippen MR) is 102 cm³/mol. The summed E-state index contributed by atoms with van der Waals surface area (Å²) in [6, 6.07) is 0. The molecule has 1 spiro atoms. The molecule has 0 radical (unpaired) electrons. The maximum Gasteiger partial charge on any atom is 0.227 e. The van der Waals surface area contributed by atoms with Crippen molar-refractivity contribution in [2.24, 2.45) is 5.41 Å². The molecule has 4 heterocycles. The number of anilines is 1. The Hall–Kier alpha value is -1.73. The lowest BCUT2D eigenvalue weighted by atomic mass is 9.80. The fourth-order valence-electron chi connectivity index (χ4n) is 4.35. The number of aromatic nitrogens is 2. The van der Waals surface area contributed by atoms with Crippen LogP contribution < -0.4 is 4.90 Å². The Morgan fingerprint density at radius 1 is 1.11 bits per heavy atom. The maximum atomic E-state index is 12.8. The van der Waals surface area contributed by atoms with Gasteiger partial charge in [0, 0.05) is 42.9 Å². The number of aryl methyl sites for hydroxylation is 1. The Morgan fingerprint density at radius 3 is 2.56 bits per heavy atom. The van der Waals surface area contributed by atoms with E-state index in [0.29, 0.717) is 33.0 Å². The number of rotatable bonds is 1.